The number of hydrogen-bond donors (Lipinski definition) is 2. The molecule has 0 aliphatic heterocycles. The van der Waals surface area contributed by atoms with Gasteiger partial charge in [-0.3, -0.25) is 4.79 Å². The van der Waals surface area contributed by atoms with Crippen molar-refractivity contribution in [3.8, 4) is 0 Å². The van der Waals surface area contributed by atoms with Gasteiger partial charge in [0.1, 0.15) is 5.54 Å². The first kappa shape index (κ1) is 12.5. The fraction of sp³-hybridized carbons (Fsp3) is 0.909. The monoisotopic (exact) mass is 213 g/mol. The molecule has 0 spiro atoms. The predicted molar refractivity (Wildman–Crippen MR) is 61.5 cm³/mol. The Hall–Kier alpha value is -0.610. The van der Waals surface area contributed by atoms with Gasteiger partial charge in [-0.1, -0.05) is 13.3 Å². The van der Waals surface area contributed by atoms with E-state index in [1.54, 1.807) is 0 Å². The number of nitrogens with zero attached hydrogens (tertiary/aromatic N) is 1. The molecule has 0 heterocycles. The van der Waals surface area contributed by atoms with Crippen LogP contribution in [0.15, 0.2) is 0 Å². The largest absolute Gasteiger partial charge is 0.368 e. The lowest BCUT2D eigenvalue weighted by atomic mass is 9.87. The second-order valence-electron chi connectivity index (χ2n) is 4.86. The summed E-state index contributed by atoms with van der Waals surface area (Å²) in [6, 6.07) is 0. The summed E-state index contributed by atoms with van der Waals surface area (Å²) in [5.74, 6) is 0.170. The van der Waals surface area contributed by atoms with E-state index in [4.69, 9.17) is 5.73 Å². The number of amides is 1. The molecule has 1 rings (SSSR count). The van der Waals surface area contributed by atoms with Gasteiger partial charge in [0, 0.05) is 13.1 Å². The highest BCUT2D eigenvalue weighted by molar-refractivity contribution is 5.85. The summed E-state index contributed by atoms with van der Waals surface area (Å²) < 4.78 is 0. The third-order valence-electron chi connectivity index (χ3n) is 3.49. The van der Waals surface area contributed by atoms with Crippen molar-refractivity contribution in [2.24, 2.45) is 11.7 Å². The number of nitrogens with one attached hydrogen (secondary N) is 1. The molecule has 1 fully saturated rings. The van der Waals surface area contributed by atoms with E-state index in [1.165, 1.54) is 0 Å². The van der Waals surface area contributed by atoms with Gasteiger partial charge in [0.2, 0.25) is 5.91 Å². The Bertz CT molecular complexity index is 230. The third-order valence-corrected chi connectivity index (χ3v) is 3.49. The molecule has 0 aromatic rings. The Morgan fingerprint density at radius 1 is 1.60 bits per heavy atom. The number of primary amides is 1. The summed E-state index contributed by atoms with van der Waals surface area (Å²) >= 11 is 0. The standard InChI is InChI=1S/C11H23N3O/c1-9-5-4-6-11(9,10(12)15)13-7-8-14(2)3/h9,13H,4-8H2,1-3H3,(H2,12,15). The smallest absolute Gasteiger partial charge is 0.238 e. The van der Waals surface area contributed by atoms with Crippen LogP contribution in [0.1, 0.15) is 26.2 Å². The van der Waals surface area contributed by atoms with E-state index >= 15 is 0 Å². The highest BCUT2D eigenvalue weighted by Crippen LogP contribution is 2.35. The zero-order valence-corrected chi connectivity index (χ0v) is 10.0. The predicted octanol–water partition coefficient (Wildman–Crippen LogP) is 0.182. The SMILES string of the molecule is CC1CCCC1(NCCN(C)C)C(N)=O. The highest BCUT2D eigenvalue weighted by Gasteiger charge is 2.44. The van der Waals surface area contributed by atoms with Crippen molar-refractivity contribution in [1.82, 2.24) is 10.2 Å². The maximum atomic E-state index is 11.6. The molecule has 0 saturated heterocycles. The lowest BCUT2D eigenvalue weighted by Crippen LogP contribution is -2.58. The van der Waals surface area contributed by atoms with Crippen molar-refractivity contribution in [1.29, 1.82) is 0 Å². The molecule has 1 aliphatic rings. The summed E-state index contributed by atoms with van der Waals surface area (Å²) in [4.78, 5) is 13.7. The first-order chi connectivity index (χ1) is 6.99. The number of nitrogens with two attached hydrogens (primary N) is 1. The van der Waals surface area contributed by atoms with Crippen LogP contribution in [0, 0.1) is 5.92 Å². The van der Waals surface area contributed by atoms with Crippen molar-refractivity contribution in [2.75, 3.05) is 27.2 Å². The zero-order valence-electron chi connectivity index (χ0n) is 10.0. The van der Waals surface area contributed by atoms with Gasteiger partial charge in [-0.2, -0.15) is 0 Å². The first-order valence-corrected chi connectivity index (χ1v) is 5.68. The molecule has 0 radical (unpaired) electrons. The van der Waals surface area contributed by atoms with Crippen LogP contribution in [0.4, 0.5) is 0 Å². The van der Waals surface area contributed by atoms with Crippen LogP contribution in [0.5, 0.6) is 0 Å². The summed E-state index contributed by atoms with van der Waals surface area (Å²) in [6.45, 7) is 3.86. The molecule has 0 aromatic carbocycles. The van der Waals surface area contributed by atoms with E-state index in [0.29, 0.717) is 5.92 Å². The average molecular weight is 213 g/mol. The lowest BCUT2D eigenvalue weighted by molar-refractivity contribution is -0.125. The molecule has 88 valence electrons. The van der Waals surface area contributed by atoms with Gasteiger partial charge in [-0.15, -0.1) is 0 Å². The van der Waals surface area contributed by atoms with Gasteiger partial charge in [0.25, 0.3) is 0 Å². The molecular weight excluding hydrogens is 190 g/mol. The number of rotatable bonds is 5. The molecule has 4 nitrogen and oxygen atoms in total. The van der Waals surface area contributed by atoms with Crippen LogP contribution >= 0.6 is 0 Å². The summed E-state index contributed by atoms with van der Waals surface area (Å²) in [5.41, 5.74) is 5.08. The molecule has 0 bridgehead atoms. The second kappa shape index (κ2) is 4.94. The van der Waals surface area contributed by atoms with E-state index in [-0.39, 0.29) is 5.91 Å². The molecule has 4 heteroatoms. The summed E-state index contributed by atoms with van der Waals surface area (Å²) in [5, 5.41) is 3.36. The van der Waals surface area contributed by atoms with E-state index in [9.17, 15) is 4.79 Å². The molecule has 3 N–H and O–H groups in total. The van der Waals surface area contributed by atoms with Crippen LogP contribution < -0.4 is 11.1 Å². The van der Waals surface area contributed by atoms with Crippen molar-refractivity contribution in [3.63, 3.8) is 0 Å². The van der Waals surface area contributed by atoms with Crippen molar-refractivity contribution < 1.29 is 4.79 Å². The summed E-state index contributed by atoms with van der Waals surface area (Å²) in [7, 11) is 4.05. The van der Waals surface area contributed by atoms with E-state index in [2.05, 4.69) is 17.1 Å². The molecule has 0 aromatic heterocycles. The van der Waals surface area contributed by atoms with E-state index in [1.807, 2.05) is 14.1 Å². The average Bonchev–Trinajstić information content (AvgIpc) is 2.48. The molecule has 1 aliphatic carbocycles. The number of carbonyl (C=O) groups excluding carboxylic acids is 1. The van der Waals surface area contributed by atoms with E-state index in [0.717, 1.165) is 32.4 Å². The van der Waals surface area contributed by atoms with Gasteiger partial charge in [0.05, 0.1) is 0 Å². The Morgan fingerprint density at radius 2 is 2.27 bits per heavy atom. The Balaban J connectivity index is 2.55. The number of carbonyl (C=O) groups is 1. The van der Waals surface area contributed by atoms with E-state index < -0.39 is 5.54 Å². The second-order valence-corrected chi connectivity index (χ2v) is 4.86. The summed E-state index contributed by atoms with van der Waals surface area (Å²) in [6.07, 6.45) is 3.08. The van der Waals surface area contributed by atoms with Gasteiger partial charge in [0.15, 0.2) is 0 Å². The van der Waals surface area contributed by atoms with Crippen molar-refractivity contribution >= 4 is 5.91 Å². The van der Waals surface area contributed by atoms with Crippen LogP contribution in [0.25, 0.3) is 0 Å². The minimum absolute atomic E-state index is 0.189. The quantitative estimate of drug-likeness (QED) is 0.685. The normalized spacial score (nSPS) is 31.1. The maximum Gasteiger partial charge on any atom is 0.238 e. The van der Waals surface area contributed by atoms with Crippen molar-refractivity contribution in [3.05, 3.63) is 0 Å². The fourth-order valence-corrected chi connectivity index (χ4v) is 2.40. The van der Waals surface area contributed by atoms with Gasteiger partial charge in [-0.25, -0.2) is 0 Å². The van der Waals surface area contributed by atoms with Crippen LogP contribution in [-0.4, -0.2) is 43.5 Å². The van der Waals surface area contributed by atoms with Crippen LogP contribution in [0.3, 0.4) is 0 Å². The van der Waals surface area contributed by atoms with Gasteiger partial charge >= 0.3 is 0 Å². The molecule has 2 unspecified atom stereocenters. The molecular formula is C11H23N3O. The van der Waals surface area contributed by atoms with Gasteiger partial charge in [-0.05, 0) is 32.9 Å². The first-order valence-electron chi connectivity index (χ1n) is 5.68. The molecule has 2 atom stereocenters. The molecule has 15 heavy (non-hydrogen) atoms. The Kier molecular flexibility index (Phi) is 4.11. The Morgan fingerprint density at radius 3 is 2.67 bits per heavy atom. The Labute approximate surface area is 92.2 Å². The highest BCUT2D eigenvalue weighted by atomic mass is 16.1. The number of likely N-dealkylation sites (N-methyl/N-ethyl adjacent to an activating group) is 1. The third kappa shape index (κ3) is 2.69. The minimum atomic E-state index is -0.448. The van der Waals surface area contributed by atoms with Crippen molar-refractivity contribution in [2.45, 2.75) is 31.7 Å². The van der Waals surface area contributed by atoms with Crippen LogP contribution in [-0.2, 0) is 4.79 Å². The topological polar surface area (TPSA) is 58.4 Å². The van der Waals surface area contributed by atoms with Crippen LogP contribution in [0.2, 0.25) is 0 Å². The molecule has 1 saturated carbocycles. The zero-order chi connectivity index (χ0) is 11.5. The fourth-order valence-electron chi connectivity index (χ4n) is 2.40. The van der Waals surface area contributed by atoms with Gasteiger partial charge < -0.3 is 16.0 Å². The minimum Gasteiger partial charge on any atom is -0.368 e. The number of hydrogen-bond acceptors (Lipinski definition) is 3. The lowest BCUT2D eigenvalue weighted by Gasteiger charge is -2.32. The molecule has 1 amide bonds. The maximum absolute atomic E-state index is 11.6.